The molecule has 19 heavy (non-hydrogen) atoms. The first-order valence-electron chi connectivity index (χ1n) is 6.40. The zero-order chi connectivity index (χ0) is 13.7. The number of carbonyl (C=O) groups excluding carboxylic acids is 1. The Labute approximate surface area is 121 Å². The van der Waals surface area contributed by atoms with E-state index in [0.29, 0.717) is 12.3 Å². The Kier molecular flexibility index (Phi) is 5.10. The van der Waals surface area contributed by atoms with Crippen LogP contribution in [0.2, 0.25) is 0 Å². The molecule has 0 fully saturated rings. The van der Waals surface area contributed by atoms with Crippen molar-refractivity contribution < 1.29 is 4.79 Å². The fourth-order valence-corrected chi connectivity index (χ4v) is 3.26. The highest BCUT2D eigenvalue weighted by Crippen LogP contribution is 2.27. The summed E-state index contributed by atoms with van der Waals surface area (Å²) < 4.78 is 0. The zero-order valence-electron chi connectivity index (χ0n) is 11.2. The van der Waals surface area contributed by atoms with Crippen molar-refractivity contribution in [2.45, 2.75) is 26.7 Å². The summed E-state index contributed by atoms with van der Waals surface area (Å²) in [5.41, 5.74) is 0.857. The second kappa shape index (κ2) is 6.82. The summed E-state index contributed by atoms with van der Waals surface area (Å²) in [6.45, 7) is 5.05. The minimum Gasteiger partial charge on any atom is -0.356 e. The summed E-state index contributed by atoms with van der Waals surface area (Å²) in [6, 6.07) is 4.07. The summed E-state index contributed by atoms with van der Waals surface area (Å²) in [7, 11) is 0. The van der Waals surface area contributed by atoms with Crippen molar-refractivity contribution in [1.29, 1.82) is 0 Å². The molecule has 0 aliphatic carbocycles. The molecule has 0 atom stereocenters. The second-order valence-electron chi connectivity index (χ2n) is 4.83. The molecule has 0 radical (unpaired) electrons. The number of nitrogens with one attached hydrogen (secondary N) is 1. The van der Waals surface area contributed by atoms with Crippen molar-refractivity contribution in [3.05, 3.63) is 28.6 Å². The van der Waals surface area contributed by atoms with Gasteiger partial charge in [-0.15, -0.1) is 22.7 Å². The van der Waals surface area contributed by atoms with Crippen molar-refractivity contribution in [1.82, 2.24) is 10.3 Å². The van der Waals surface area contributed by atoms with Gasteiger partial charge in [0, 0.05) is 11.9 Å². The van der Waals surface area contributed by atoms with Crippen LogP contribution >= 0.6 is 22.7 Å². The number of amides is 1. The van der Waals surface area contributed by atoms with Gasteiger partial charge in [0.15, 0.2) is 0 Å². The van der Waals surface area contributed by atoms with Crippen molar-refractivity contribution in [2.24, 2.45) is 5.92 Å². The Bertz CT molecular complexity index is 517. The molecule has 0 aromatic carbocycles. The Balaban J connectivity index is 1.84. The van der Waals surface area contributed by atoms with Gasteiger partial charge in [-0.05, 0) is 23.8 Å². The van der Waals surface area contributed by atoms with Gasteiger partial charge >= 0.3 is 0 Å². The lowest BCUT2D eigenvalue weighted by Crippen LogP contribution is -2.26. The second-order valence-corrected chi connectivity index (χ2v) is 6.64. The number of thiophene rings is 1. The summed E-state index contributed by atoms with van der Waals surface area (Å²) in [5.74, 6) is 0.675. The Morgan fingerprint density at radius 1 is 1.42 bits per heavy atom. The summed E-state index contributed by atoms with van der Waals surface area (Å²) in [4.78, 5) is 17.4. The van der Waals surface area contributed by atoms with E-state index in [9.17, 15) is 4.79 Å². The molecule has 1 N–H and O–H groups in total. The first-order valence-corrected chi connectivity index (χ1v) is 8.16. The third kappa shape index (κ3) is 4.44. The van der Waals surface area contributed by atoms with Gasteiger partial charge in [-0.1, -0.05) is 19.9 Å². The fraction of sp³-hybridized carbons (Fsp3) is 0.429. The lowest BCUT2D eigenvalue weighted by molar-refractivity contribution is -0.120. The highest BCUT2D eigenvalue weighted by Gasteiger charge is 2.09. The molecule has 0 aliphatic rings. The van der Waals surface area contributed by atoms with E-state index in [1.54, 1.807) is 22.7 Å². The van der Waals surface area contributed by atoms with Crippen LogP contribution in [0, 0.1) is 5.92 Å². The molecular formula is C14H18N2OS2. The molecule has 0 spiro atoms. The molecule has 2 aromatic heterocycles. The molecule has 2 rings (SSSR count). The van der Waals surface area contributed by atoms with Crippen LogP contribution in [0.3, 0.4) is 0 Å². The molecular weight excluding hydrogens is 276 g/mol. The van der Waals surface area contributed by atoms with E-state index in [1.807, 2.05) is 16.8 Å². The maximum absolute atomic E-state index is 11.7. The number of hydrogen-bond donors (Lipinski definition) is 1. The van der Waals surface area contributed by atoms with Crippen LogP contribution < -0.4 is 5.32 Å². The average Bonchev–Trinajstić information content (AvgIpc) is 2.97. The number of thiazole rings is 1. The van der Waals surface area contributed by atoms with Crippen molar-refractivity contribution >= 4 is 28.6 Å². The molecule has 3 nitrogen and oxygen atoms in total. The van der Waals surface area contributed by atoms with Crippen LogP contribution in [0.15, 0.2) is 22.9 Å². The lowest BCUT2D eigenvalue weighted by Gasteiger charge is -2.05. The van der Waals surface area contributed by atoms with Gasteiger partial charge in [-0.25, -0.2) is 4.98 Å². The fourth-order valence-electron chi connectivity index (χ4n) is 1.63. The van der Waals surface area contributed by atoms with E-state index in [-0.39, 0.29) is 5.91 Å². The van der Waals surface area contributed by atoms with Crippen LogP contribution in [0.4, 0.5) is 0 Å². The maximum atomic E-state index is 11.7. The molecule has 2 heterocycles. The minimum atomic E-state index is 0.0590. The van der Waals surface area contributed by atoms with Crippen LogP contribution in [0.1, 0.15) is 26.0 Å². The first kappa shape index (κ1) is 14.2. The number of rotatable bonds is 6. The third-order valence-electron chi connectivity index (χ3n) is 2.67. The van der Waals surface area contributed by atoms with Gasteiger partial charge in [-0.3, -0.25) is 4.79 Å². The minimum absolute atomic E-state index is 0.0590. The number of hydrogen-bond acceptors (Lipinski definition) is 4. The molecule has 0 saturated carbocycles. The van der Waals surface area contributed by atoms with Crippen LogP contribution in [0.25, 0.3) is 9.88 Å². The third-order valence-corrected chi connectivity index (χ3v) is 4.60. The Hall–Kier alpha value is -1.20. The molecule has 2 aromatic rings. The zero-order valence-corrected chi connectivity index (χ0v) is 12.8. The predicted molar refractivity (Wildman–Crippen MR) is 81.6 cm³/mol. The van der Waals surface area contributed by atoms with Gasteiger partial charge in [0.05, 0.1) is 17.0 Å². The highest BCUT2D eigenvalue weighted by atomic mass is 32.1. The predicted octanol–water partition coefficient (Wildman–Crippen LogP) is 3.58. The van der Waals surface area contributed by atoms with Gasteiger partial charge in [-0.2, -0.15) is 0 Å². The van der Waals surface area contributed by atoms with Crippen molar-refractivity contribution in [3.8, 4) is 9.88 Å². The normalized spacial score (nSPS) is 10.9. The van der Waals surface area contributed by atoms with Gasteiger partial charge in [0.2, 0.25) is 5.91 Å². The maximum Gasteiger partial charge on any atom is 0.226 e. The van der Waals surface area contributed by atoms with Crippen LogP contribution in [0.5, 0.6) is 0 Å². The highest BCUT2D eigenvalue weighted by molar-refractivity contribution is 7.20. The Morgan fingerprint density at radius 2 is 2.26 bits per heavy atom. The van der Waals surface area contributed by atoms with Gasteiger partial charge in [0.1, 0.15) is 5.01 Å². The molecule has 0 bridgehead atoms. The largest absolute Gasteiger partial charge is 0.356 e. The average molecular weight is 294 g/mol. The topological polar surface area (TPSA) is 42.0 Å². The smallest absolute Gasteiger partial charge is 0.226 e. The molecule has 0 aliphatic heterocycles. The Morgan fingerprint density at radius 3 is 2.95 bits per heavy atom. The summed E-state index contributed by atoms with van der Waals surface area (Å²) in [5, 5.41) is 7.94. The molecule has 1 amide bonds. The van der Waals surface area contributed by atoms with Crippen LogP contribution in [-0.2, 0) is 11.2 Å². The quantitative estimate of drug-likeness (QED) is 0.885. The monoisotopic (exact) mass is 294 g/mol. The van der Waals surface area contributed by atoms with E-state index >= 15 is 0 Å². The van der Waals surface area contributed by atoms with E-state index in [2.05, 4.69) is 30.2 Å². The van der Waals surface area contributed by atoms with E-state index < -0.39 is 0 Å². The SMILES string of the molecule is CC(C)CCNC(=O)Cc1csc(-c2cccs2)n1. The van der Waals surface area contributed by atoms with Crippen LogP contribution in [-0.4, -0.2) is 17.4 Å². The molecule has 0 saturated heterocycles. The molecule has 0 unspecified atom stereocenters. The van der Waals surface area contributed by atoms with Gasteiger partial charge < -0.3 is 5.32 Å². The van der Waals surface area contributed by atoms with Gasteiger partial charge in [0.25, 0.3) is 0 Å². The number of carbonyl (C=O) groups is 1. The first-order chi connectivity index (χ1) is 9.15. The summed E-state index contributed by atoms with van der Waals surface area (Å²) in [6.07, 6.45) is 1.39. The lowest BCUT2D eigenvalue weighted by atomic mass is 10.1. The summed E-state index contributed by atoms with van der Waals surface area (Å²) >= 11 is 3.27. The molecule has 5 heteroatoms. The van der Waals surface area contributed by atoms with Crippen molar-refractivity contribution in [3.63, 3.8) is 0 Å². The number of nitrogens with zero attached hydrogens (tertiary/aromatic N) is 1. The van der Waals surface area contributed by atoms with E-state index in [1.165, 1.54) is 0 Å². The van der Waals surface area contributed by atoms with E-state index in [0.717, 1.165) is 28.5 Å². The van der Waals surface area contributed by atoms with Crippen molar-refractivity contribution in [2.75, 3.05) is 6.54 Å². The molecule has 102 valence electrons. The standard InChI is InChI=1S/C14H18N2OS2/c1-10(2)5-6-15-13(17)8-11-9-19-14(16-11)12-4-3-7-18-12/h3-4,7,9-10H,5-6,8H2,1-2H3,(H,15,17). The number of aromatic nitrogens is 1. The van der Waals surface area contributed by atoms with E-state index in [4.69, 9.17) is 0 Å².